The standard InChI is InChI=1S/C20H24O2/c1-10(2)14-7-6-11(3)17-15(14)8-12(4)19(21)16-9-13(5)20(22)18(16)17/h8,13-15,17H,1,3,6-7,9H2,2,4-5H3/t13-,14+,15+,17+/m1/s1. The van der Waals surface area contributed by atoms with Gasteiger partial charge in [0.1, 0.15) is 0 Å². The molecule has 22 heavy (non-hydrogen) atoms. The van der Waals surface area contributed by atoms with E-state index in [0.29, 0.717) is 12.3 Å². The molecular weight excluding hydrogens is 272 g/mol. The molecule has 0 aromatic rings. The van der Waals surface area contributed by atoms with Gasteiger partial charge in [0.15, 0.2) is 11.6 Å². The van der Waals surface area contributed by atoms with Crippen LogP contribution in [0.2, 0.25) is 0 Å². The number of hydrogen-bond acceptors (Lipinski definition) is 2. The van der Waals surface area contributed by atoms with E-state index < -0.39 is 0 Å². The second-order valence-electron chi connectivity index (χ2n) is 7.25. The highest BCUT2D eigenvalue weighted by Gasteiger charge is 2.46. The summed E-state index contributed by atoms with van der Waals surface area (Å²) in [5, 5.41) is 0. The topological polar surface area (TPSA) is 34.1 Å². The van der Waals surface area contributed by atoms with Crippen molar-refractivity contribution in [1.82, 2.24) is 0 Å². The van der Waals surface area contributed by atoms with Gasteiger partial charge in [-0.1, -0.05) is 37.3 Å². The van der Waals surface area contributed by atoms with Crippen LogP contribution in [0.3, 0.4) is 0 Å². The molecule has 1 fully saturated rings. The third-order valence-corrected chi connectivity index (χ3v) is 5.63. The van der Waals surface area contributed by atoms with Crippen LogP contribution in [0.5, 0.6) is 0 Å². The quantitative estimate of drug-likeness (QED) is 0.680. The van der Waals surface area contributed by atoms with Gasteiger partial charge in [-0.15, -0.1) is 0 Å². The van der Waals surface area contributed by atoms with Crippen molar-refractivity contribution in [3.05, 3.63) is 47.1 Å². The highest BCUT2D eigenvalue weighted by Crippen LogP contribution is 2.50. The van der Waals surface area contributed by atoms with Gasteiger partial charge in [0.25, 0.3) is 0 Å². The molecule has 3 rings (SSSR count). The molecule has 0 aromatic heterocycles. The first-order valence-electron chi connectivity index (χ1n) is 8.16. The van der Waals surface area contributed by atoms with Gasteiger partial charge in [-0.3, -0.25) is 9.59 Å². The highest BCUT2D eigenvalue weighted by molar-refractivity contribution is 6.17. The Morgan fingerprint density at radius 1 is 1.32 bits per heavy atom. The Bertz CT molecular complexity index is 659. The maximum atomic E-state index is 12.7. The lowest BCUT2D eigenvalue weighted by molar-refractivity contribution is -0.118. The molecule has 0 aliphatic heterocycles. The highest BCUT2D eigenvalue weighted by atomic mass is 16.1. The van der Waals surface area contributed by atoms with Crippen molar-refractivity contribution in [3.8, 4) is 0 Å². The van der Waals surface area contributed by atoms with Crippen molar-refractivity contribution >= 4 is 11.6 Å². The molecule has 3 aliphatic carbocycles. The molecule has 0 saturated heterocycles. The van der Waals surface area contributed by atoms with Crippen LogP contribution in [0.25, 0.3) is 0 Å². The van der Waals surface area contributed by atoms with Crippen LogP contribution in [-0.2, 0) is 9.59 Å². The number of fused-ring (bicyclic) bond motifs is 2. The number of Topliss-reactive ketones (excluding diaryl/α,β-unsaturated/α-hetero) is 2. The van der Waals surface area contributed by atoms with Crippen LogP contribution in [0, 0.1) is 23.7 Å². The largest absolute Gasteiger partial charge is 0.294 e. The van der Waals surface area contributed by atoms with Crippen LogP contribution in [-0.4, -0.2) is 11.6 Å². The van der Waals surface area contributed by atoms with E-state index in [2.05, 4.69) is 26.2 Å². The van der Waals surface area contributed by atoms with E-state index in [4.69, 9.17) is 0 Å². The normalized spacial score (nSPS) is 35.0. The Morgan fingerprint density at radius 2 is 2.00 bits per heavy atom. The van der Waals surface area contributed by atoms with Crippen molar-refractivity contribution in [1.29, 1.82) is 0 Å². The van der Waals surface area contributed by atoms with Crippen molar-refractivity contribution in [2.45, 2.75) is 40.0 Å². The van der Waals surface area contributed by atoms with Crippen LogP contribution in [0.1, 0.15) is 40.0 Å². The third-order valence-electron chi connectivity index (χ3n) is 5.63. The van der Waals surface area contributed by atoms with Gasteiger partial charge in [0.05, 0.1) is 0 Å². The minimum Gasteiger partial charge on any atom is -0.294 e. The monoisotopic (exact) mass is 296 g/mol. The van der Waals surface area contributed by atoms with Crippen molar-refractivity contribution in [3.63, 3.8) is 0 Å². The Morgan fingerprint density at radius 3 is 2.64 bits per heavy atom. The van der Waals surface area contributed by atoms with E-state index in [-0.39, 0.29) is 29.3 Å². The minimum absolute atomic E-state index is 0.00398. The number of carbonyl (C=O) groups excluding carboxylic acids is 2. The molecule has 4 atom stereocenters. The SMILES string of the molecule is C=C1CC[C@@H](C(=C)C)[C@@H]2C=C(C)C(=O)C3=C(C(=O)[C@H](C)C3)[C@@H]12. The lowest BCUT2D eigenvalue weighted by Gasteiger charge is -2.39. The van der Waals surface area contributed by atoms with Gasteiger partial charge in [-0.25, -0.2) is 0 Å². The number of rotatable bonds is 1. The van der Waals surface area contributed by atoms with Crippen LogP contribution >= 0.6 is 0 Å². The molecule has 0 spiro atoms. The van der Waals surface area contributed by atoms with Gasteiger partial charge in [-0.2, -0.15) is 0 Å². The number of carbonyl (C=O) groups is 2. The molecule has 0 aromatic carbocycles. The van der Waals surface area contributed by atoms with Crippen LogP contribution < -0.4 is 0 Å². The molecule has 0 bridgehead atoms. The van der Waals surface area contributed by atoms with Gasteiger partial charge < -0.3 is 0 Å². The summed E-state index contributed by atoms with van der Waals surface area (Å²) >= 11 is 0. The molecule has 2 nitrogen and oxygen atoms in total. The van der Waals surface area contributed by atoms with Gasteiger partial charge in [0.2, 0.25) is 0 Å². The predicted octanol–water partition coefficient (Wildman–Crippen LogP) is 4.20. The van der Waals surface area contributed by atoms with Gasteiger partial charge >= 0.3 is 0 Å². The zero-order chi connectivity index (χ0) is 16.2. The van der Waals surface area contributed by atoms with E-state index >= 15 is 0 Å². The lowest BCUT2D eigenvalue weighted by Crippen LogP contribution is -2.32. The fourth-order valence-corrected chi connectivity index (χ4v) is 4.46. The third kappa shape index (κ3) is 2.08. The second-order valence-corrected chi connectivity index (χ2v) is 7.25. The summed E-state index contributed by atoms with van der Waals surface area (Å²) in [4.78, 5) is 25.4. The van der Waals surface area contributed by atoms with Crippen molar-refractivity contribution in [2.24, 2.45) is 23.7 Å². The smallest absolute Gasteiger partial charge is 0.184 e. The fraction of sp³-hybridized carbons (Fsp3) is 0.500. The van der Waals surface area contributed by atoms with E-state index in [0.717, 1.165) is 40.7 Å². The fourth-order valence-electron chi connectivity index (χ4n) is 4.46. The van der Waals surface area contributed by atoms with Crippen LogP contribution in [0.4, 0.5) is 0 Å². The van der Waals surface area contributed by atoms with E-state index in [9.17, 15) is 9.59 Å². The molecular formula is C20H24O2. The van der Waals surface area contributed by atoms with Gasteiger partial charge in [0, 0.05) is 23.0 Å². The van der Waals surface area contributed by atoms with Crippen molar-refractivity contribution < 1.29 is 9.59 Å². The Balaban J connectivity index is 2.19. The summed E-state index contributed by atoms with van der Waals surface area (Å²) in [7, 11) is 0. The molecule has 2 heteroatoms. The summed E-state index contributed by atoms with van der Waals surface area (Å²) < 4.78 is 0. The Labute approximate surface area is 132 Å². The average Bonchev–Trinajstić information content (AvgIpc) is 2.68. The van der Waals surface area contributed by atoms with E-state index in [1.54, 1.807) is 0 Å². The molecule has 0 radical (unpaired) electrons. The summed E-state index contributed by atoms with van der Waals surface area (Å²) in [6, 6.07) is 0. The number of ketones is 2. The second kappa shape index (κ2) is 5.19. The maximum absolute atomic E-state index is 12.7. The Hall–Kier alpha value is -1.70. The molecule has 0 N–H and O–H groups in total. The summed E-state index contributed by atoms with van der Waals surface area (Å²) in [5.41, 5.74) is 4.55. The first-order chi connectivity index (χ1) is 10.3. The lowest BCUT2D eigenvalue weighted by atomic mass is 9.64. The summed E-state index contributed by atoms with van der Waals surface area (Å²) in [5.74, 6) is 0.640. The molecule has 3 aliphatic rings. The first kappa shape index (κ1) is 15.2. The maximum Gasteiger partial charge on any atom is 0.184 e. The predicted molar refractivity (Wildman–Crippen MR) is 88.2 cm³/mol. The zero-order valence-electron chi connectivity index (χ0n) is 13.7. The van der Waals surface area contributed by atoms with E-state index in [1.807, 2.05) is 13.8 Å². The minimum atomic E-state index is -0.0708. The van der Waals surface area contributed by atoms with Crippen LogP contribution in [0.15, 0.2) is 47.1 Å². The average molecular weight is 296 g/mol. The molecule has 0 unspecified atom stereocenters. The Kier molecular flexibility index (Phi) is 3.58. The van der Waals surface area contributed by atoms with E-state index in [1.165, 1.54) is 0 Å². The van der Waals surface area contributed by atoms with Gasteiger partial charge in [-0.05, 0) is 50.5 Å². The zero-order valence-corrected chi connectivity index (χ0v) is 13.7. The summed E-state index contributed by atoms with van der Waals surface area (Å²) in [6.07, 6.45) is 4.61. The van der Waals surface area contributed by atoms with Crippen molar-refractivity contribution in [2.75, 3.05) is 0 Å². The first-order valence-corrected chi connectivity index (χ1v) is 8.16. The molecule has 116 valence electrons. The number of hydrogen-bond donors (Lipinski definition) is 0. The number of allylic oxidation sites excluding steroid dienone is 6. The molecule has 0 heterocycles. The summed E-state index contributed by atoms with van der Waals surface area (Å²) in [6.45, 7) is 14.3. The molecule has 1 saturated carbocycles. The molecule has 0 amide bonds.